The molecule has 2 rings (SSSR count). The van der Waals surface area contributed by atoms with Crippen LogP contribution in [0, 0.1) is 0 Å². The van der Waals surface area contributed by atoms with E-state index in [1.807, 2.05) is 13.8 Å². The molecule has 0 saturated carbocycles. The number of anilines is 1. The Morgan fingerprint density at radius 2 is 1.59 bits per heavy atom. The number of methoxy groups -OCH3 is 1. The number of hydrogen-bond donors (Lipinski definition) is 1. The van der Waals surface area contributed by atoms with E-state index in [2.05, 4.69) is 5.32 Å². The number of rotatable bonds is 10. The van der Waals surface area contributed by atoms with Gasteiger partial charge in [0.2, 0.25) is 21.8 Å². The highest BCUT2D eigenvalue weighted by atomic mass is 32.2. The molecule has 174 valence electrons. The summed E-state index contributed by atoms with van der Waals surface area (Å²) in [4.78, 5) is 27.4. The van der Waals surface area contributed by atoms with Crippen LogP contribution in [0.25, 0.3) is 0 Å². The summed E-state index contributed by atoms with van der Waals surface area (Å²) in [7, 11) is -2.16. The first-order valence-electron chi connectivity index (χ1n) is 10.3. The second-order valence-corrected chi connectivity index (χ2v) is 9.72. The molecule has 1 N–H and O–H groups in total. The molecular formula is C23H31N3O5S. The fourth-order valence-electron chi connectivity index (χ4n) is 3.12. The Balaban J connectivity index is 2.35. The minimum absolute atomic E-state index is 0.0975. The van der Waals surface area contributed by atoms with Gasteiger partial charge in [-0.15, -0.1) is 0 Å². The van der Waals surface area contributed by atoms with Crippen molar-refractivity contribution in [1.82, 2.24) is 10.2 Å². The summed E-state index contributed by atoms with van der Waals surface area (Å²) in [5.41, 5.74) is 1.17. The van der Waals surface area contributed by atoms with E-state index in [4.69, 9.17) is 4.74 Å². The maximum Gasteiger partial charge on any atom is 0.244 e. The molecule has 0 bridgehead atoms. The van der Waals surface area contributed by atoms with E-state index in [0.29, 0.717) is 11.4 Å². The summed E-state index contributed by atoms with van der Waals surface area (Å²) < 4.78 is 31.1. The zero-order valence-electron chi connectivity index (χ0n) is 19.1. The van der Waals surface area contributed by atoms with Crippen molar-refractivity contribution < 1.29 is 22.7 Å². The molecule has 0 aliphatic heterocycles. The molecular weight excluding hydrogens is 430 g/mol. The Kier molecular flexibility index (Phi) is 8.65. The second-order valence-electron chi connectivity index (χ2n) is 7.81. The van der Waals surface area contributed by atoms with Crippen molar-refractivity contribution in [3.63, 3.8) is 0 Å². The fraction of sp³-hybridized carbons (Fsp3) is 0.391. The van der Waals surface area contributed by atoms with Crippen molar-refractivity contribution in [2.75, 3.05) is 24.2 Å². The smallest absolute Gasteiger partial charge is 0.244 e. The van der Waals surface area contributed by atoms with Gasteiger partial charge in [-0.3, -0.25) is 13.9 Å². The van der Waals surface area contributed by atoms with Gasteiger partial charge in [-0.05, 0) is 50.6 Å². The van der Waals surface area contributed by atoms with Gasteiger partial charge in [0.25, 0.3) is 0 Å². The summed E-state index contributed by atoms with van der Waals surface area (Å²) in [5.74, 6) is -0.126. The van der Waals surface area contributed by atoms with E-state index in [0.717, 1.165) is 16.1 Å². The average Bonchev–Trinajstić information content (AvgIpc) is 2.75. The predicted octanol–water partition coefficient (Wildman–Crippen LogP) is 2.40. The Morgan fingerprint density at radius 3 is 2.09 bits per heavy atom. The van der Waals surface area contributed by atoms with E-state index in [9.17, 15) is 18.0 Å². The topological polar surface area (TPSA) is 96.0 Å². The lowest BCUT2D eigenvalue weighted by molar-refractivity contribution is -0.139. The highest BCUT2D eigenvalue weighted by Crippen LogP contribution is 2.19. The fourth-order valence-corrected chi connectivity index (χ4v) is 3.97. The number of nitrogens with zero attached hydrogens (tertiary/aromatic N) is 2. The van der Waals surface area contributed by atoms with Gasteiger partial charge in [0, 0.05) is 12.6 Å². The lowest BCUT2D eigenvalue weighted by Crippen LogP contribution is -2.52. The van der Waals surface area contributed by atoms with Gasteiger partial charge in [-0.2, -0.15) is 0 Å². The molecule has 0 heterocycles. The third-order valence-corrected chi connectivity index (χ3v) is 5.97. The maximum atomic E-state index is 13.3. The third kappa shape index (κ3) is 6.98. The molecule has 8 nitrogen and oxygen atoms in total. The summed E-state index contributed by atoms with van der Waals surface area (Å²) >= 11 is 0. The number of nitrogens with one attached hydrogen (secondary N) is 1. The molecule has 9 heteroatoms. The Morgan fingerprint density at radius 1 is 1.00 bits per heavy atom. The molecule has 2 aromatic rings. The average molecular weight is 462 g/mol. The van der Waals surface area contributed by atoms with E-state index in [-0.39, 0.29) is 18.5 Å². The summed E-state index contributed by atoms with van der Waals surface area (Å²) in [5, 5.41) is 2.81. The number of hydrogen-bond acceptors (Lipinski definition) is 5. The summed E-state index contributed by atoms with van der Waals surface area (Å²) in [6.45, 7) is 5.02. The zero-order chi connectivity index (χ0) is 23.9. The van der Waals surface area contributed by atoms with Crippen LogP contribution in [0.5, 0.6) is 5.75 Å². The number of carbonyl (C=O) groups is 2. The van der Waals surface area contributed by atoms with Crippen molar-refractivity contribution in [3.05, 3.63) is 60.2 Å². The molecule has 2 amide bonds. The zero-order valence-corrected chi connectivity index (χ0v) is 19.9. The van der Waals surface area contributed by atoms with Crippen LogP contribution < -0.4 is 14.4 Å². The summed E-state index contributed by atoms with van der Waals surface area (Å²) in [6, 6.07) is 14.7. The molecule has 32 heavy (non-hydrogen) atoms. The van der Waals surface area contributed by atoms with Gasteiger partial charge in [-0.25, -0.2) is 8.42 Å². The number of benzene rings is 2. The standard InChI is InChI=1S/C23H31N3O5S/c1-17(2)24-23(28)18(3)25(15-19-11-13-21(31-4)14-12-19)22(27)16-26(32(5,29)30)20-9-7-6-8-10-20/h6-14,17-18H,15-16H2,1-5H3,(H,24,28)/t18-/m0/s1. The molecule has 0 aliphatic carbocycles. The predicted molar refractivity (Wildman–Crippen MR) is 125 cm³/mol. The Hall–Kier alpha value is -3.07. The van der Waals surface area contributed by atoms with Crippen molar-refractivity contribution >= 4 is 27.5 Å². The molecule has 0 saturated heterocycles. The van der Waals surface area contributed by atoms with Gasteiger partial charge < -0.3 is 15.0 Å². The van der Waals surface area contributed by atoms with Crippen molar-refractivity contribution in [3.8, 4) is 5.75 Å². The van der Waals surface area contributed by atoms with Crippen LogP contribution in [0.2, 0.25) is 0 Å². The van der Waals surface area contributed by atoms with Gasteiger partial charge in [0.05, 0.1) is 19.1 Å². The van der Waals surface area contributed by atoms with Crippen LogP contribution in [0.3, 0.4) is 0 Å². The lowest BCUT2D eigenvalue weighted by atomic mass is 10.1. The molecule has 1 atom stereocenters. The third-order valence-electron chi connectivity index (χ3n) is 4.83. The molecule has 0 spiro atoms. The number of ether oxygens (including phenoxy) is 1. The number of amides is 2. The van der Waals surface area contributed by atoms with Crippen molar-refractivity contribution in [1.29, 1.82) is 0 Å². The lowest BCUT2D eigenvalue weighted by Gasteiger charge is -2.31. The van der Waals surface area contributed by atoms with E-state index in [1.165, 1.54) is 4.90 Å². The number of para-hydroxylation sites is 1. The Labute approximate surface area is 190 Å². The van der Waals surface area contributed by atoms with Crippen LogP contribution in [-0.2, 0) is 26.2 Å². The Bertz CT molecular complexity index is 1010. The van der Waals surface area contributed by atoms with Crippen LogP contribution >= 0.6 is 0 Å². The number of carbonyl (C=O) groups excluding carboxylic acids is 2. The molecule has 2 aromatic carbocycles. The van der Waals surface area contributed by atoms with Gasteiger partial charge in [0.1, 0.15) is 18.3 Å². The maximum absolute atomic E-state index is 13.3. The highest BCUT2D eigenvalue weighted by molar-refractivity contribution is 7.92. The SMILES string of the molecule is COc1ccc(CN(C(=O)CN(c2ccccc2)S(C)(=O)=O)[C@@H](C)C(=O)NC(C)C)cc1. The van der Waals surface area contributed by atoms with E-state index < -0.39 is 28.5 Å². The quantitative estimate of drug-likeness (QED) is 0.586. The first-order valence-corrected chi connectivity index (χ1v) is 12.1. The minimum atomic E-state index is -3.72. The van der Waals surface area contributed by atoms with Crippen LogP contribution in [0.4, 0.5) is 5.69 Å². The molecule has 0 aliphatic rings. The van der Waals surface area contributed by atoms with Gasteiger partial charge >= 0.3 is 0 Å². The molecule has 0 unspecified atom stereocenters. The van der Waals surface area contributed by atoms with Gasteiger partial charge in [-0.1, -0.05) is 30.3 Å². The monoisotopic (exact) mass is 461 g/mol. The molecule has 0 aromatic heterocycles. The number of sulfonamides is 1. The highest BCUT2D eigenvalue weighted by Gasteiger charge is 2.30. The van der Waals surface area contributed by atoms with E-state index >= 15 is 0 Å². The van der Waals surface area contributed by atoms with Crippen LogP contribution in [0.15, 0.2) is 54.6 Å². The first kappa shape index (κ1) is 25.2. The normalized spacial score (nSPS) is 12.2. The van der Waals surface area contributed by atoms with Crippen LogP contribution in [-0.4, -0.2) is 57.1 Å². The summed E-state index contributed by atoms with van der Waals surface area (Å²) in [6.07, 6.45) is 1.05. The molecule has 0 radical (unpaired) electrons. The first-order chi connectivity index (χ1) is 15.0. The van der Waals surface area contributed by atoms with E-state index in [1.54, 1.807) is 68.6 Å². The largest absolute Gasteiger partial charge is 0.497 e. The van der Waals surface area contributed by atoms with Crippen LogP contribution in [0.1, 0.15) is 26.3 Å². The van der Waals surface area contributed by atoms with Crippen molar-refractivity contribution in [2.24, 2.45) is 0 Å². The van der Waals surface area contributed by atoms with Gasteiger partial charge in [0.15, 0.2) is 0 Å². The second kappa shape index (κ2) is 11.0. The van der Waals surface area contributed by atoms with Crippen molar-refractivity contribution in [2.45, 2.75) is 39.4 Å². The minimum Gasteiger partial charge on any atom is -0.497 e. The molecule has 0 fully saturated rings.